The van der Waals surface area contributed by atoms with Crippen LogP contribution in [0.5, 0.6) is 0 Å². The van der Waals surface area contributed by atoms with Gasteiger partial charge in [-0.15, -0.1) is 0 Å². The van der Waals surface area contributed by atoms with Crippen molar-refractivity contribution in [2.75, 3.05) is 6.61 Å². The van der Waals surface area contributed by atoms with E-state index >= 15 is 0 Å². The highest BCUT2D eigenvalue weighted by atomic mass is 28.4. The average Bonchev–Trinajstić information content (AvgIpc) is 3.08. The molecule has 0 bridgehead atoms. The lowest BCUT2D eigenvalue weighted by molar-refractivity contribution is -0.143. The van der Waals surface area contributed by atoms with E-state index in [4.69, 9.17) is 13.6 Å². The van der Waals surface area contributed by atoms with Gasteiger partial charge in [0.1, 0.15) is 0 Å². The molecule has 2 aliphatic rings. The van der Waals surface area contributed by atoms with Crippen LogP contribution >= 0.6 is 0 Å². The molecule has 0 radical (unpaired) electrons. The van der Waals surface area contributed by atoms with E-state index in [1.165, 1.54) is 24.8 Å². The summed E-state index contributed by atoms with van der Waals surface area (Å²) in [6.45, 7) is 37.7. The summed E-state index contributed by atoms with van der Waals surface area (Å²) in [5.74, 6) is 0.639. The molecule has 0 spiro atoms. The maximum atomic E-state index is 11.7. The maximum absolute atomic E-state index is 11.7. The number of carbonyl (C=O) groups is 1. The number of unbranched alkanes of at least 4 members (excludes halogenated alkanes) is 1. The lowest BCUT2D eigenvalue weighted by Gasteiger charge is -2.45. The van der Waals surface area contributed by atoms with E-state index < -0.39 is 16.6 Å². The fourth-order valence-corrected chi connectivity index (χ4v) is 9.17. The zero-order valence-electron chi connectivity index (χ0n) is 31.4. The van der Waals surface area contributed by atoms with Crippen LogP contribution in [0.2, 0.25) is 36.3 Å². The van der Waals surface area contributed by atoms with Gasteiger partial charge in [0, 0.05) is 12.8 Å². The first-order valence-electron chi connectivity index (χ1n) is 17.5. The molecule has 0 saturated heterocycles. The van der Waals surface area contributed by atoms with Gasteiger partial charge in [-0.3, -0.25) is 4.79 Å². The number of rotatable bonds is 13. The minimum atomic E-state index is -1.97. The Kier molecular flexibility index (Phi) is 13.2. The fraction of sp³-hybridized carbons (Fsp3) is 0.816. The Bertz CT molecular complexity index is 1040. The molecule has 0 aromatic carbocycles. The zero-order chi connectivity index (χ0) is 33.8. The average molecular weight is 647 g/mol. The van der Waals surface area contributed by atoms with E-state index in [0.717, 1.165) is 37.7 Å². The second-order valence-electron chi connectivity index (χ2n) is 17.7. The largest absolute Gasteiger partial charge is 0.466 e. The first-order chi connectivity index (χ1) is 20.0. The summed E-state index contributed by atoms with van der Waals surface area (Å²) >= 11 is 0. The highest BCUT2D eigenvalue weighted by Gasteiger charge is 2.50. The topological polar surface area (TPSA) is 44.8 Å². The molecular formula is C38H70O4Si2. The molecule has 2 rings (SSSR count). The number of hydrogen-bond acceptors (Lipinski definition) is 4. The van der Waals surface area contributed by atoms with E-state index in [1.807, 2.05) is 6.92 Å². The number of esters is 1. The summed E-state index contributed by atoms with van der Waals surface area (Å²) in [6.07, 6.45) is 16.3. The molecule has 0 amide bonds. The normalized spacial score (nSPS) is 27.8. The number of carbonyl (C=O) groups excluding carboxylic acids is 1. The van der Waals surface area contributed by atoms with Crippen LogP contribution in [0, 0.1) is 16.7 Å². The van der Waals surface area contributed by atoms with Crippen molar-refractivity contribution in [1.29, 1.82) is 0 Å². The molecule has 4 atom stereocenters. The predicted molar refractivity (Wildman–Crippen MR) is 194 cm³/mol. The molecule has 1 unspecified atom stereocenters. The first kappa shape index (κ1) is 39.2. The van der Waals surface area contributed by atoms with Crippen molar-refractivity contribution in [3.05, 3.63) is 36.0 Å². The minimum Gasteiger partial charge on any atom is -0.466 e. The van der Waals surface area contributed by atoms with Crippen molar-refractivity contribution in [3.63, 3.8) is 0 Å². The summed E-state index contributed by atoms with van der Waals surface area (Å²) < 4.78 is 19.1. The van der Waals surface area contributed by atoms with Crippen LogP contribution in [0.4, 0.5) is 0 Å². The molecule has 44 heavy (non-hydrogen) atoms. The summed E-state index contributed by atoms with van der Waals surface area (Å²) in [5.41, 5.74) is 2.95. The standard InChI is InChI=1S/C38H70O4Si2/c1-16-40-34(39)23-18-17-22-31-24-26-38(11,37(31,9)10)25-20-19-21-30-27-32(41-43(12,13)35(3,4)5)28-33(29(30)2)42-44(14,15)36(6,7)8/h19-21,31-33H,2,16-18,22-28H2,1,3-15H3/t31-,32+,33-,38?/m0/s1. The lowest BCUT2D eigenvalue weighted by Crippen LogP contribution is -2.49. The van der Waals surface area contributed by atoms with Crippen molar-refractivity contribution in [2.24, 2.45) is 16.7 Å². The quantitative estimate of drug-likeness (QED) is 0.113. The zero-order valence-corrected chi connectivity index (χ0v) is 33.4. The highest BCUT2D eigenvalue weighted by molar-refractivity contribution is 6.74. The van der Waals surface area contributed by atoms with Crippen molar-refractivity contribution in [1.82, 2.24) is 0 Å². The Hall–Kier alpha value is -0.956. The van der Waals surface area contributed by atoms with Gasteiger partial charge in [-0.2, -0.15) is 0 Å². The van der Waals surface area contributed by atoms with E-state index in [9.17, 15) is 4.79 Å². The van der Waals surface area contributed by atoms with Crippen molar-refractivity contribution in [3.8, 4) is 0 Å². The van der Waals surface area contributed by atoms with Gasteiger partial charge in [0.05, 0.1) is 18.8 Å². The van der Waals surface area contributed by atoms with Gasteiger partial charge < -0.3 is 13.6 Å². The van der Waals surface area contributed by atoms with E-state index in [1.54, 1.807) is 0 Å². The third-order valence-electron chi connectivity index (χ3n) is 12.3. The van der Waals surface area contributed by atoms with E-state index in [0.29, 0.717) is 18.9 Å². The second-order valence-corrected chi connectivity index (χ2v) is 27.2. The Balaban J connectivity index is 2.16. The van der Waals surface area contributed by atoms with Gasteiger partial charge in [0.15, 0.2) is 16.6 Å². The molecule has 0 heterocycles. The fourth-order valence-electron chi connectivity index (χ4n) is 6.50. The third-order valence-corrected chi connectivity index (χ3v) is 21.4. The van der Waals surface area contributed by atoms with Crippen LogP contribution in [0.1, 0.15) is 127 Å². The Morgan fingerprint density at radius 2 is 1.57 bits per heavy atom. The molecule has 0 aliphatic heterocycles. The van der Waals surface area contributed by atoms with Crippen LogP contribution < -0.4 is 0 Å². The predicted octanol–water partition coefficient (Wildman–Crippen LogP) is 11.6. The Morgan fingerprint density at radius 1 is 0.977 bits per heavy atom. The van der Waals surface area contributed by atoms with Gasteiger partial charge in [0.2, 0.25) is 0 Å². The van der Waals surface area contributed by atoms with Gasteiger partial charge in [0.25, 0.3) is 0 Å². The summed E-state index contributed by atoms with van der Waals surface area (Å²) in [5, 5.41) is 0.315. The van der Waals surface area contributed by atoms with Gasteiger partial charge in [-0.1, -0.05) is 93.5 Å². The first-order valence-corrected chi connectivity index (χ1v) is 23.4. The second kappa shape index (κ2) is 14.9. The van der Waals surface area contributed by atoms with Crippen LogP contribution in [0.3, 0.4) is 0 Å². The van der Waals surface area contributed by atoms with E-state index in [-0.39, 0.29) is 39.1 Å². The molecule has 2 saturated carbocycles. The van der Waals surface area contributed by atoms with Crippen LogP contribution in [0.25, 0.3) is 0 Å². The van der Waals surface area contributed by atoms with Crippen molar-refractivity contribution in [2.45, 2.75) is 175 Å². The third kappa shape index (κ3) is 9.78. The van der Waals surface area contributed by atoms with Crippen LogP contribution in [0.15, 0.2) is 36.0 Å². The molecule has 2 aliphatic carbocycles. The van der Waals surface area contributed by atoms with Crippen LogP contribution in [-0.4, -0.2) is 41.4 Å². The molecule has 0 aromatic rings. The molecule has 2 fully saturated rings. The Morgan fingerprint density at radius 3 is 2.14 bits per heavy atom. The number of hydrogen-bond donors (Lipinski definition) is 0. The van der Waals surface area contributed by atoms with Crippen LogP contribution in [-0.2, 0) is 18.4 Å². The maximum Gasteiger partial charge on any atom is 0.305 e. The van der Waals surface area contributed by atoms with E-state index in [2.05, 4.69) is 113 Å². The number of allylic oxidation sites excluding steroid dienone is 3. The molecule has 4 nitrogen and oxygen atoms in total. The van der Waals surface area contributed by atoms with Gasteiger partial charge in [-0.05, 0) is 110 Å². The molecule has 254 valence electrons. The van der Waals surface area contributed by atoms with Crippen molar-refractivity contribution >= 4 is 22.6 Å². The summed E-state index contributed by atoms with van der Waals surface area (Å²) in [4.78, 5) is 11.7. The minimum absolute atomic E-state index is 0.00919. The van der Waals surface area contributed by atoms with Crippen molar-refractivity contribution < 1.29 is 18.4 Å². The molecule has 0 aromatic heterocycles. The monoisotopic (exact) mass is 646 g/mol. The molecule has 0 N–H and O–H groups in total. The molecule has 6 heteroatoms. The summed E-state index contributed by atoms with van der Waals surface area (Å²) in [7, 11) is -3.89. The smallest absolute Gasteiger partial charge is 0.305 e. The van der Waals surface area contributed by atoms with Gasteiger partial charge in [-0.25, -0.2) is 0 Å². The molecular weight excluding hydrogens is 577 g/mol. The lowest BCUT2D eigenvalue weighted by atomic mass is 9.63. The summed E-state index contributed by atoms with van der Waals surface area (Å²) in [6, 6.07) is 0. The van der Waals surface area contributed by atoms with Gasteiger partial charge >= 0.3 is 5.97 Å². The highest BCUT2D eigenvalue weighted by Crippen LogP contribution is 2.59. The SMILES string of the molecule is C=C1C(=CC=CCC2(C)CC[C@H](CCCCC(=O)OCC)C2(C)C)C[C@@H](O[Si](C)(C)C(C)(C)C)C[C@@H]1O[Si](C)(C)C(C)(C)C. The number of ether oxygens (including phenoxy) is 1. The Labute approximate surface area is 275 Å².